The summed E-state index contributed by atoms with van der Waals surface area (Å²) in [6.07, 6.45) is 1.59. The van der Waals surface area contributed by atoms with Gasteiger partial charge < -0.3 is 10.4 Å². The Morgan fingerprint density at radius 2 is 2.23 bits per heavy atom. The molecular formula is C12H16Cl2N2O4S2. The van der Waals surface area contributed by atoms with Gasteiger partial charge in [-0.2, -0.15) is 4.31 Å². The number of nitrogens with zero attached hydrogens (tertiary/aromatic N) is 1. The highest BCUT2D eigenvalue weighted by atomic mass is 35.5. The summed E-state index contributed by atoms with van der Waals surface area (Å²) in [6, 6.07) is 1.37. The topological polar surface area (TPSA) is 86.7 Å². The fraction of sp³-hybridized carbons (Fsp3) is 0.583. The Hall–Kier alpha value is -0.380. The lowest BCUT2D eigenvalue weighted by Gasteiger charge is -2.31. The van der Waals surface area contributed by atoms with Gasteiger partial charge >= 0.3 is 5.97 Å². The monoisotopic (exact) mass is 386 g/mol. The SMILES string of the molecule is O=C(O)CNCC1CCCN(S(=O)(=O)c2cc(Cl)sc2Cl)C1. The van der Waals surface area contributed by atoms with Gasteiger partial charge in [0.2, 0.25) is 10.0 Å². The van der Waals surface area contributed by atoms with Crippen molar-refractivity contribution in [3.05, 3.63) is 14.7 Å². The van der Waals surface area contributed by atoms with E-state index < -0.39 is 16.0 Å². The Morgan fingerprint density at radius 1 is 1.50 bits per heavy atom. The second-order valence-corrected chi connectivity index (χ2v) is 9.28. The van der Waals surface area contributed by atoms with E-state index in [1.165, 1.54) is 10.4 Å². The first-order valence-electron chi connectivity index (χ1n) is 6.68. The number of carbonyl (C=O) groups is 1. The number of piperidine rings is 1. The summed E-state index contributed by atoms with van der Waals surface area (Å²) >= 11 is 12.8. The molecule has 0 amide bonds. The van der Waals surface area contributed by atoms with Crippen LogP contribution in [0.15, 0.2) is 11.0 Å². The molecule has 1 aliphatic heterocycles. The minimum Gasteiger partial charge on any atom is -0.480 e. The molecule has 1 unspecified atom stereocenters. The fourth-order valence-corrected chi connectivity index (χ4v) is 6.10. The molecule has 10 heteroatoms. The highest BCUT2D eigenvalue weighted by molar-refractivity contribution is 7.89. The molecule has 2 rings (SSSR count). The molecule has 2 heterocycles. The Kier molecular flexibility index (Phi) is 6.09. The van der Waals surface area contributed by atoms with E-state index in [-0.39, 0.29) is 21.7 Å². The third-order valence-electron chi connectivity index (χ3n) is 3.43. The van der Waals surface area contributed by atoms with Crippen molar-refractivity contribution in [1.82, 2.24) is 9.62 Å². The van der Waals surface area contributed by atoms with Gasteiger partial charge in [0, 0.05) is 13.1 Å². The maximum Gasteiger partial charge on any atom is 0.317 e. The zero-order chi connectivity index (χ0) is 16.3. The van der Waals surface area contributed by atoms with Crippen molar-refractivity contribution in [2.45, 2.75) is 17.7 Å². The quantitative estimate of drug-likeness (QED) is 0.781. The molecule has 1 aliphatic rings. The Bertz CT molecular complexity index is 648. The minimum absolute atomic E-state index is 0.0447. The normalized spacial score (nSPS) is 20.2. The van der Waals surface area contributed by atoms with Crippen LogP contribution in [-0.4, -0.2) is 50.0 Å². The Balaban J connectivity index is 2.05. The second kappa shape index (κ2) is 7.46. The van der Waals surface area contributed by atoms with E-state index in [0.29, 0.717) is 24.0 Å². The van der Waals surface area contributed by atoms with Crippen LogP contribution in [0, 0.1) is 5.92 Å². The molecule has 1 atom stereocenters. The van der Waals surface area contributed by atoms with Gasteiger partial charge in [-0.25, -0.2) is 8.42 Å². The first kappa shape index (κ1) is 18.0. The molecule has 0 saturated carbocycles. The van der Waals surface area contributed by atoms with E-state index in [2.05, 4.69) is 5.32 Å². The van der Waals surface area contributed by atoms with Gasteiger partial charge in [-0.3, -0.25) is 4.79 Å². The van der Waals surface area contributed by atoms with Crippen LogP contribution in [0.2, 0.25) is 8.67 Å². The molecule has 2 N–H and O–H groups in total. The number of nitrogens with one attached hydrogen (secondary N) is 1. The molecule has 0 aromatic carbocycles. The van der Waals surface area contributed by atoms with Crippen molar-refractivity contribution in [1.29, 1.82) is 0 Å². The van der Waals surface area contributed by atoms with Gasteiger partial charge in [-0.15, -0.1) is 11.3 Å². The third kappa shape index (κ3) is 4.33. The van der Waals surface area contributed by atoms with Crippen molar-refractivity contribution in [2.24, 2.45) is 5.92 Å². The summed E-state index contributed by atoms with van der Waals surface area (Å²) in [5.74, 6) is -0.851. The van der Waals surface area contributed by atoms with Crippen molar-refractivity contribution >= 4 is 50.5 Å². The van der Waals surface area contributed by atoms with E-state index in [1.807, 2.05) is 0 Å². The summed E-state index contributed by atoms with van der Waals surface area (Å²) in [4.78, 5) is 10.5. The van der Waals surface area contributed by atoms with Crippen LogP contribution < -0.4 is 5.32 Å². The first-order chi connectivity index (χ1) is 10.3. The molecule has 0 spiro atoms. The van der Waals surface area contributed by atoms with Gasteiger partial charge in [0.15, 0.2) is 0 Å². The smallest absolute Gasteiger partial charge is 0.317 e. The zero-order valence-corrected chi connectivity index (χ0v) is 14.7. The lowest BCUT2D eigenvalue weighted by molar-refractivity contribution is -0.136. The summed E-state index contributed by atoms with van der Waals surface area (Å²) in [5.41, 5.74) is 0. The molecule has 0 aliphatic carbocycles. The largest absolute Gasteiger partial charge is 0.480 e. The molecule has 0 bridgehead atoms. The van der Waals surface area contributed by atoms with Gasteiger partial charge in [-0.05, 0) is 31.4 Å². The minimum atomic E-state index is -3.66. The molecule has 1 saturated heterocycles. The maximum atomic E-state index is 12.6. The van der Waals surface area contributed by atoms with Crippen LogP contribution in [0.4, 0.5) is 0 Å². The average molecular weight is 387 g/mol. The number of aliphatic carboxylic acids is 1. The van der Waals surface area contributed by atoms with E-state index in [4.69, 9.17) is 28.3 Å². The highest BCUT2D eigenvalue weighted by Crippen LogP contribution is 2.36. The molecule has 22 heavy (non-hydrogen) atoms. The van der Waals surface area contributed by atoms with E-state index in [1.54, 1.807) is 0 Å². The standard InChI is InChI=1S/C12H16Cl2N2O4S2/c13-10-4-9(12(14)21-10)22(19,20)16-3-1-2-8(7-16)5-15-6-11(17)18/h4,8,15H,1-3,5-7H2,(H,17,18). The number of hydrogen-bond donors (Lipinski definition) is 2. The molecule has 1 aromatic rings. The van der Waals surface area contributed by atoms with Crippen molar-refractivity contribution in [3.63, 3.8) is 0 Å². The van der Waals surface area contributed by atoms with Crippen LogP contribution in [0.5, 0.6) is 0 Å². The van der Waals surface area contributed by atoms with Crippen LogP contribution in [-0.2, 0) is 14.8 Å². The van der Waals surface area contributed by atoms with Crippen LogP contribution >= 0.6 is 34.5 Å². The van der Waals surface area contributed by atoms with E-state index in [9.17, 15) is 13.2 Å². The molecule has 1 aromatic heterocycles. The van der Waals surface area contributed by atoms with Crippen molar-refractivity contribution < 1.29 is 18.3 Å². The number of halogens is 2. The number of hydrogen-bond acceptors (Lipinski definition) is 5. The fourth-order valence-electron chi connectivity index (χ4n) is 2.44. The summed E-state index contributed by atoms with van der Waals surface area (Å²) in [6.45, 7) is 1.12. The average Bonchev–Trinajstić information content (AvgIpc) is 2.78. The predicted molar refractivity (Wildman–Crippen MR) is 86.3 cm³/mol. The lowest BCUT2D eigenvalue weighted by atomic mass is 10.00. The lowest BCUT2D eigenvalue weighted by Crippen LogP contribution is -2.43. The predicted octanol–water partition coefficient (Wildman–Crippen LogP) is 2.13. The van der Waals surface area contributed by atoms with Gasteiger partial charge in [0.25, 0.3) is 0 Å². The van der Waals surface area contributed by atoms with Crippen LogP contribution in [0.25, 0.3) is 0 Å². The molecule has 124 valence electrons. The first-order valence-corrected chi connectivity index (χ1v) is 9.69. The van der Waals surface area contributed by atoms with Gasteiger partial charge in [0.1, 0.15) is 9.23 Å². The molecule has 6 nitrogen and oxygen atoms in total. The second-order valence-electron chi connectivity index (χ2n) is 5.08. The molecular weight excluding hydrogens is 371 g/mol. The van der Waals surface area contributed by atoms with Crippen LogP contribution in [0.3, 0.4) is 0 Å². The molecule has 0 radical (unpaired) electrons. The van der Waals surface area contributed by atoms with Crippen molar-refractivity contribution in [3.8, 4) is 0 Å². The third-order valence-corrected chi connectivity index (χ3v) is 7.05. The van der Waals surface area contributed by atoms with Crippen LogP contribution in [0.1, 0.15) is 12.8 Å². The van der Waals surface area contributed by atoms with Gasteiger partial charge in [0.05, 0.1) is 10.9 Å². The van der Waals surface area contributed by atoms with E-state index in [0.717, 1.165) is 24.2 Å². The Labute approximate surface area is 143 Å². The number of thiophene rings is 1. The van der Waals surface area contributed by atoms with Crippen molar-refractivity contribution in [2.75, 3.05) is 26.2 Å². The summed E-state index contributed by atoms with van der Waals surface area (Å²) < 4.78 is 27.1. The highest BCUT2D eigenvalue weighted by Gasteiger charge is 2.32. The number of carboxylic acids is 1. The summed E-state index contributed by atoms with van der Waals surface area (Å²) in [7, 11) is -3.66. The number of rotatable bonds is 6. The summed E-state index contributed by atoms with van der Waals surface area (Å²) in [5, 5.41) is 11.4. The van der Waals surface area contributed by atoms with E-state index >= 15 is 0 Å². The Morgan fingerprint density at radius 3 is 2.82 bits per heavy atom. The zero-order valence-electron chi connectivity index (χ0n) is 11.6. The van der Waals surface area contributed by atoms with Gasteiger partial charge in [-0.1, -0.05) is 23.2 Å². The number of sulfonamides is 1. The maximum absolute atomic E-state index is 12.6. The molecule has 1 fully saturated rings. The number of carboxylic acid groups (broad SMARTS) is 1.